The van der Waals surface area contributed by atoms with Crippen LogP contribution in [0, 0.1) is 0 Å². The van der Waals surface area contributed by atoms with E-state index in [1.807, 2.05) is 41.3 Å². The molecule has 1 heterocycles. The van der Waals surface area contributed by atoms with E-state index in [0.717, 1.165) is 24.2 Å². The van der Waals surface area contributed by atoms with Gasteiger partial charge in [-0.15, -0.1) is 0 Å². The van der Waals surface area contributed by atoms with Crippen molar-refractivity contribution in [3.8, 4) is 0 Å². The molecule has 0 N–H and O–H groups in total. The minimum Gasteiger partial charge on any atom is -0.341 e. The lowest BCUT2D eigenvalue weighted by Gasteiger charge is -2.27. The van der Waals surface area contributed by atoms with Gasteiger partial charge in [-0.1, -0.05) is 36.4 Å². The predicted molar refractivity (Wildman–Crippen MR) is 90.5 cm³/mol. The second-order valence-corrected chi connectivity index (χ2v) is 5.53. The lowest BCUT2D eigenvalue weighted by molar-refractivity contribution is 0.402. The van der Waals surface area contributed by atoms with E-state index in [1.165, 1.54) is 16.0 Å². The van der Waals surface area contributed by atoms with Gasteiger partial charge in [-0.2, -0.15) is 0 Å². The molecule has 0 radical (unpaired) electrons. The number of para-hydroxylation sites is 2. The third-order valence-electron chi connectivity index (χ3n) is 3.77. The molecule has 0 atom stereocenters. The molecule has 110 valence electrons. The number of fused-ring (bicyclic) bond motifs is 2. The van der Waals surface area contributed by atoms with E-state index in [2.05, 4.69) is 12.1 Å². The van der Waals surface area contributed by atoms with Gasteiger partial charge < -0.3 is 9.80 Å². The van der Waals surface area contributed by atoms with E-state index >= 15 is 0 Å². The number of benzene rings is 2. The molecule has 0 saturated heterocycles. The monoisotopic (exact) mass is 284 g/mol. The Kier molecular flexibility index (Phi) is 3.01. The molecule has 1 aliphatic rings. The number of hydrogen-bond donors (Lipinski definition) is 0. The Bertz CT molecular complexity index is 711. The van der Waals surface area contributed by atoms with Gasteiger partial charge in [0.2, 0.25) is 0 Å². The number of nitrogens with zero attached hydrogens (tertiary/aromatic N) is 2. The lowest BCUT2D eigenvalue weighted by Crippen LogP contribution is -2.23. The summed E-state index contributed by atoms with van der Waals surface area (Å²) >= 11 is 0. The summed E-state index contributed by atoms with van der Waals surface area (Å²) in [5.74, 6) is 0. The molecule has 0 aromatic heterocycles. The number of anilines is 2. The van der Waals surface area contributed by atoms with Gasteiger partial charge in [0.05, 0.1) is 0 Å². The van der Waals surface area contributed by atoms with E-state index in [1.54, 1.807) is 14.1 Å². The van der Waals surface area contributed by atoms with Crippen LogP contribution in [0.5, 0.6) is 0 Å². The second-order valence-electron chi connectivity index (χ2n) is 5.53. The number of aryl methyl sites for hydroxylation is 2. The Morgan fingerprint density at radius 1 is 0.952 bits per heavy atom. The van der Waals surface area contributed by atoms with Crippen molar-refractivity contribution in [2.45, 2.75) is 19.2 Å². The van der Waals surface area contributed by atoms with Crippen molar-refractivity contribution >= 4 is 11.4 Å². The van der Waals surface area contributed by atoms with Gasteiger partial charge in [-0.05, 0) is 63.1 Å². The van der Waals surface area contributed by atoms with Crippen LogP contribution in [-0.4, -0.2) is 32.0 Å². The highest BCUT2D eigenvalue weighted by Gasteiger charge is 2.19. The van der Waals surface area contributed by atoms with E-state index in [4.69, 9.17) is 5.48 Å². The largest absolute Gasteiger partial charge is 0.341 e. The maximum atomic E-state index is 8.46. The normalized spacial score (nSPS) is 18.0. The zero-order valence-electron chi connectivity index (χ0n) is 16.6. The van der Waals surface area contributed by atoms with Crippen molar-refractivity contribution in [1.29, 1.82) is 0 Å². The second kappa shape index (κ2) is 6.31. The molecule has 3 rings (SSSR count). The molecule has 0 amide bonds. The molecule has 1 aliphatic heterocycles. The molecule has 0 saturated carbocycles. The van der Waals surface area contributed by atoms with Crippen LogP contribution in [0.4, 0.5) is 11.4 Å². The highest BCUT2D eigenvalue weighted by molar-refractivity contribution is 5.71. The van der Waals surface area contributed by atoms with Crippen LogP contribution >= 0.6 is 0 Å². The van der Waals surface area contributed by atoms with E-state index in [9.17, 15) is 0 Å². The average molecular weight is 284 g/mol. The standard InChI is InChI=1S/C19H24N2/c1-20(2)14-7-15-21-18-10-5-3-8-16(18)12-13-17-9-4-6-11-19(17)21/h3-6,8-11H,7,12-15H2,1-2H3/i7D2,14D2. The molecule has 2 aromatic rings. The molecule has 2 nitrogen and oxygen atoms in total. The summed E-state index contributed by atoms with van der Waals surface area (Å²) in [6, 6.07) is 16.1. The molecule has 2 aromatic carbocycles. The summed E-state index contributed by atoms with van der Waals surface area (Å²) in [5.41, 5.74) is 4.26. The summed E-state index contributed by atoms with van der Waals surface area (Å²) in [6.07, 6.45) is -0.262. The molecule has 21 heavy (non-hydrogen) atoms. The van der Waals surface area contributed by atoms with Gasteiger partial charge in [0, 0.05) is 23.4 Å². The number of hydrogen-bond acceptors (Lipinski definition) is 2. The highest BCUT2D eigenvalue weighted by Crippen LogP contribution is 2.35. The highest BCUT2D eigenvalue weighted by atomic mass is 15.1. The predicted octanol–water partition coefficient (Wildman–Crippen LogP) is 3.88. The maximum absolute atomic E-state index is 8.46. The Morgan fingerprint density at radius 3 is 2.00 bits per heavy atom. The quantitative estimate of drug-likeness (QED) is 0.841. The smallest absolute Gasteiger partial charge is 0.0443 e. The molecule has 2 heteroatoms. The minimum absolute atomic E-state index is 0.0494. The zero-order valence-corrected chi connectivity index (χ0v) is 12.6. The van der Waals surface area contributed by atoms with Crippen LogP contribution in [0.2, 0.25) is 0 Å². The molecule has 0 spiro atoms. The van der Waals surface area contributed by atoms with Crippen LogP contribution in [0.15, 0.2) is 48.5 Å². The van der Waals surface area contributed by atoms with Crippen LogP contribution in [0.1, 0.15) is 23.0 Å². The average Bonchev–Trinajstić information content (AvgIpc) is 2.72. The third-order valence-corrected chi connectivity index (χ3v) is 3.77. The Hall–Kier alpha value is -1.80. The summed E-state index contributed by atoms with van der Waals surface area (Å²) in [6.45, 7) is -2.13. The first kappa shape index (κ1) is 10.0. The summed E-state index contributed by atoms with van der Waals surface area (Å²) in [4.78, 5) is 3.25. The first-order valence-corrected chi connectivity index (χ1v) is 7.35. The van der Waals surface area contributed by atoms with Crippen molar-refractivity contribution in [3.63, 3.8) is 0 Å². The van der Waals surface area contributed by atoms with Crippen molar-refractivity contribution in [2.75, 3.05) is 32.0 Å². The Morgan fingerprint density at radius 2 is 1.48 bits per heavy atom. The van der Waals surface area contributed by atoms with E-state index in [-0.39, 0.29) is 6.54 Å². The van der Waals surface area contributed by atoms with Gasteiger partial charge in [0.25, 0.3) is 0 Å². The fraction of sp³-hybridized carbons (Fsp3) is 0.368. The van der Waals surface area contributed by atoms with E-state index < -0.39 is 12.9 Å². The summed E-state index contributed by atoms with van der Waals surface area (Å²) in [7, 11) is 3.14. The van der Waals surface area contributed by atoms with Crippen molar-refractivity contribution < 1.29 is 5.48 Å². The Balaban J connectivity index is 2.09. The molecule has 0 unspecified atom stereocenters. The van der Waals surface area contributed by atoms with Gasteiger partial charge in [-0.25, -0.2) is 0 Å². The SMILES string of the molecule is [2H]C([2H])(CN1c2ccccc2CCc2ccccc21)C([2H])([2H])N(C)C. The first-order chi connectivity index (χ1) is 11.7. The Labute approximate surface area is 133 Å². The van der Waals surface area contributed by atoms with Crippen molar-refractivity contribution in [2.24, 2.45) is 0 Å². The van der Waals surface area contributed by atoms with Crippen LogP contribution in [0.3, 0.4) is 0 Å². The van der Waals surface area contributed by atoms with Crippen LogP contribution in [-0.2, 0) is 12.8 Å². The van der Waals surface area contributed by atoms with Gasteiger partial charge in [-0.3, -0.25) is 0 Å². The zero-order chi connectivity index (χ0) is 18.2. The molecule has 0 bridgehead atoms. The van der Waals surface area contributed by atoms with Crippen LogP contribution < -0.4 is 4.90 Å². The van der Waals surface area contributed by atoms with Gasteiger partial charge in [0.1, 0.15) is 0 Å². The van der Waals surface area contributed by atoms with Crippen molar-refractivity contribution in [3.05, 3.63) is 59.7 Å². The number of rotatable bonds is 4. The third kappa shape index (κ3) is 3.11. The molecule has 0 fully saturated rings. The topological polar surface area (TPSA) is 6.48 Å². The van der Waals surface area contributed by atoms with E-state index in [0.29, 0.717) is 0 Å². The molecular weight excluding hydrogens is 256 g/mol. The van der Waals surface area contributed by atoms with Gasteiger partial charge in [0.15, 0.2) is 0 Å². The van der Waals surface area contributed by atoms with Crippen LogP contribution in [0.25, 0.3) is 0 Å². The fourth-order valence-electron chi connectivity index (χ4n) is 2.81. The minimum atomic E-state index is -2.08. The maximum Gasteiger partial charge on any atom is 0.0443 e. The lowest BCUT2D eigenvalue weighted by atomic mass is 10.0. The fourth-order valence-corrected chi connectivity index (χ4v) is 2.81. The first-order valence-electron chi connectivity index (χ1n) is 9.35. The molecule has 0 aliphatic carbocycles. The van der Waals surface area contributed by atoms with Gasteiger partial charge >= 0.3 is 0 Å². The summed E-state index contributed by atoms with van der Waals surface area (Å²) < 4.78 is 33.3. The van der Waals surface area contributed by atoms with Crippen molar-refractivity contribution in [1.82, 2.24) is 4.90 Å². The summed E-state index contributed by atoms with van der Waals surface area (Å²) in [5, 5.41) is 0. The molecular formula is C19H24N2.